The molecule has 1 aromatic carbocycles. The number of hydrogen-bond donors (Lipinski definition) is 1. The van der Waals surface area contributed by atoms with Crippen LogP contribution in [0.25, 0.3) is 10.6 Å². The van der Waals surface area contributed by atoms with E-state index in [1.807, 2.05) is 32.0 Å². The van der Waals surface area contributed by atoms with Crippen molar-refractivity contribution in [3.63, 3.8) is 0 Å². The lowest BCUT2D eigenvalue weighted by Crippen LogP contribution is -2.11. The van der Waals surface area contributed by atoms with Crippen LogP contribution in [0.5, 0.6) is 0 Å². The molecule has 142 valence electrons. The van der Waals surface area contributed by atoms with Crippen molar-refractivity contribution in [2.75, 3.05) is 4.72 Å². The van der Waals surface area contributed by atoms with Gasteiger partial charge in [-0.15, -0.1) is 11.3 Å². The van der Waals surface area contributed by atoms with Gasteiger partial charge in [0.15, 0.2) is 11.7 Å². The number of hydrogen-bond acceptors (Lipinski definition) is 5. The van der Waals surface area contributed by atoms with E-state index >= 15 is 0 Å². The maximum absolute atomic E-state index is 12.7. The number of thiophene rings is 1. The van der Waals surface area contributed by atoms with Crippen molar-refractivity contribution in [3.05, 3.63) is 53.5 Å². The van der Waals surface area contributed by atoms with Gasteiger partial charge in [0.25, 0.3) is 10.0 Å². The fourth-order valence-corrected chi connectivity index (χ4v) is 5.89. The molecule has 5 nitrogen and oxygen atoms in total. The van der Waals surface area contributed by atoms with Crippen LogP contribution < -0.4 is 4.72 Å². The van der Waals surface area contributed by atoms with Gasteiger partial charge >= 0.3 is 0 Å². The highest BCUT2D eigenvalue weighted by atomic mass is 32.2. The normalized spacial score (nSPS) is 15.3. The van der Waals surface area contributed by atoms with E-state index in [-0.39, 0.29) is 4.21 Å². The van der Waals surface area contributed by atoms with Crippen LogP contribution >= 0.6 is 11.3 Å². The average Bonchev–Trinajstić information content (AvgIpc) is 3.34. The number of oxazole rings is 1. The summed E-state index contributed by atoms with van der Waals surface area (Å²) in [6.45, 7) is 3.89. The van der Waals surface area contributed by atoms with Gasteiger partial charge in [-0.2, -0.15) is 0 Å². The van der Waals surface area contributed by atoms with Crippen molar-refractivity contribution in [1.29, 1.82) is 0 Å². The van der Waals surface area contributed by atoms with Gasteiger partial charge in [-0.25, -0.2) is 13.4 Å². The maximum atomic E-state index is 12.7. The molecule has 1 aliphatic rings. The van der Waals surface area contributed by atoms with Crippen LogP contribution in [0.3, 0.4) is 0 Å². The zero-order valence-electron chi connectivity index (χ0n) is 15.4. The third kappa shape index (κ3) is 3.94. The molecule has 0 aliphatic heterocycles. The molecule has 7 heteroatoms. The van der Waals surface area contributed by atoms with Gasteiger partial charge in [-0.1, -0.05) is 18.9 Å². The van der Waals surface area contributed by atoms with Crippen molar-refractivity contribution < 1.29 is 12.8 Å². The molecular weight excluding hydrogens is 380 g/mol. The molecule has 0 saturated heterocycles. The third-order valence-electron chi connectivity index (χ3n) is 4.79. The Morgan fingerprint density at radius 3 is 2.52 bits per heavy atom. The average molecular weight is 403 g/mol. The fraction of sp³-hybridized carbons (Fsp3) is 0.350. The Kier molecular flexibility index (Phi) is 4.82. The van der Waals surface area contributed by atoms with Gasteiger partial charge in [0.2, 0.25) is 0 Å². The topological polar surface area (TPSA) is 72.2 Å². The summed E-state index contributed by atoms with van der Waals surface area (Å²) in [5.74, 6) is 1.80. The Morgan fingerprint density at radius 1 is 1.11 bits per heavy atom. The lowest BCUT2D eigenvalue weighted by molar-refractivity contribution is 0.458. The standard InChI is InChI=1S/C20H22N2O3S2/c1-13-9-14(2)11-16(10-13)22-27(23,24)19-8-7-18(26-19)17-12-21-20(25-17)15-5-3-4-6-15/h7-12,15,22H,3-6H2,1-2H3. The van der Waals surface area contributed by atoms with Crippen LogP contribution in [0.15, 0.2) is 45.2 Å². The van der Waals surface area contributed by atoms with E-state index in [9.17, 15) is 8.42 Å². The summed E-state index contributed by atoms with van der Waals surface area (Å²) in [6, 6.07) is 9.04. The predicted octanol–water partition coefficient (Wildman–Crippen LogP) is 5.48. The van der Waals surface area contributed by atoms with Gasteiger partial charge in [0.1, 0.15) is 4.21 Å². The number of anilines is 1. The molecule has 0 spiro atoms. The highest BCUT2D eigenvalue weighted by Crippen LogP contribution is 2.37. The molecule has 2 heterocycles. The minimum absolute atomic E-state index is 0.260. The third-order valence-corrected chi connectivity index (χ3v) is 7.76. The second kappa shape index (κ2) is 7.13. The first-order valence-electron chi connectivity index (χ1n) is 9.08. The minimum atomic E-state index is -3.64. The summed E-state index contributed by atoms with van der Waals surface area (Å²) in [4.78, 5) is 5.18. The Bertz CT molecular complexity index is 1040. The summed E-state index contributed by atoms with van der Waals surface area (Å²) in [5, 5.41) is 0. The summed E-state index contributed by atoms with van der Waals surface area (Å²) in [6.07, 6.45) is 6.36. The quantitative estimate of drug-likeness (QED) is 0.613. The van der Waals surface area contributed by atoms with E-state index in [0.29, 0.717) is 17.4 Å². The van der Waals surface area contributed by atoms with Crippen molar-refractivity contribution >= 4 is 27.0 Å². The zero-order chi connectivity index (χ0) is 19.0. The SMILES string of the molecule is Cc1cc(C)cc(NS(=O)(=O)c2ccc(-c3cnc(C4CCCC4)o3)s2)c1. The number of nitrogens with zero attached hydrogens (tertiary/aromatic N) is 1. The largest absolute Gasteiger partial charge is 0.440 e. The lowest BCUT2D eigenvalue weighted by atomic mass is 10.1. The van der Waals surface area contributed by atoms with Crippen molar-refractivity contribution in [2.45, 2.75) is 49.7 Å². The second-order valence-corrected chi connectivity index (χ2v) is 10.1. The molecule has 27 heavy (non-hydrogen) atoms. The Hall–Kier alpha value is -2.12. The number of benzene rings is 1. The summed E-state index contributed by atoms with van der Waals surface area (Å²) in [7, 11) is -3.64. The highest BCUT2D eigenvalue weighted by molar-refractivity contribution is 7.94. The minimum Gasteiger partial charge on any atom is -0.440 e. The number of aromatic nitrogens is 1. The first-order chi connectivity index (χ1) is 12.9. The molecule has 0 unspecified atom stereocenters. The van der Waals surface area contributed by atoms with E-state index in [4.69, 9.17) is 4.42 Å². The number of aryl methyl sites for hydroxylation is 2. The van der Waals surface area contributed by atoms with E-state index in [0.717, 1.165) is 34.7 Å². The smallest absolute Gasteiger partial charge is 0.271 e. The Morgan fingerprint density at radius 2 is 1.81 bits per heavy atom. The molecule has 0 radical (unpaired) electrons. The maximum Gasteiger partial charge on any atom is 0.271 e. The molecule has 1 N–H and O–H groups in total. The molecule has 0 amide bonds. The van der Waals surface area contributed by atoms with Crippen LogP contribution in [0.1, 0.15) is 48.6 Å². The van der Waals surface area contributed by atoms with E-state index in [1.165, 1.54) is 24.2 Å². The first-order valence-corrected chi connectivity index (χ1v) is 11.4. The Balaban J connectivity index is 1.56. The van der Waals surface area contributed by atoms with Crippen molar-refractivity contribution in [3.8, 4) is 10.6 Å². The van der Waals surface area contributed by atoms with E-state index < -0.39 is 10.0 Å². The van der Waals surface area contributed by atoms with Crippen molar-refractivity contribution in [2.24, 2.45) is 0 Å². The molecular formula is C20H22N2O3S2. The predicted molar refractivity (Wildman–Crippen MR) is 108 cm³/mol. The van der Waals surface area contributed by atoms with Gasteiger partial charge in [-0.05, 0) is 62.1 Å². The fourth-order valence-electron chi connectivity index (χ4n) is 3.60. The summed E-state index contributed by atoms with van der Waals surface area (Å²) in [5.41, 5.74) is 2.60. The lowest BCUT2D eigenvalue weighted by Gasteiger charge is -2.08. The molecule has 1 fully saturated rings. The van der Waals surface area contributed by atoms with E-state index in [2.05, 4.69) is 9.71 Å². The van der Waals surface area contributed by atoms with Gasteiger partial charge in [-0.3, -0.25) is 4.72 Å². The second-order valence-electron chi connectivity index (χ2n) is 7.14. The first kappa shape index (κ1) is 18.3. The molecule has 4 rings (SSSR count). The van der Waals surface area contributed by atoms with E-state index in [1.54, 1.807) is 18.3 Å². The molecule has 3 aromatic rings. The van der Waals surface area contributed by atoms with Crippen LogP contribution in [-0.4, -0.2) is 13.4 Å². The van der Waals surface area contributed by atoms with Crippen LogP contribution in [0.2, 0.25) is 0 Å². The van der Waals surface area contributed by atoms with Crippen LogP contribution in [-0.2, 0) is 10.0 Å². The number of sulfonamides is 1. The highest BCUT2D eigenvalue weighted by Gasteiger charge is 2.23. The Labute approximate surface area is 163 Å². The molecule has 0 bridgehead atoms. The monoisotopic (exact) mass is 402 g/mol. The molecule has 1 saturated carbocycles. The molecule has 1 aliphatic carbocycles. The number of nitrogens with one attached hydrogen (secondary N) is 1. The number of rotatable bonds is 5. The molecule has 2 aromatic heterocycles. The summed E-state index contributed by atoms with van der Waals surface area (Å²) >= 11 is 1.19. The zero-order valence-corrected chi connectivity index (χ0v) is 17.0. The summed E-state index contributed by atoms with van der Waals surface area (Å²) < 4.78 is 34.3. The van der Waals surface area contributed by atoms with Crippen molar-refractivity contribution in [1.82, 2.24) is 4.98 Å². The van der Waals surface area contributed by atoms with Gasteiger partial charge in [0.05, 0.1) is 11.1 Å². The van der Waals surface area contributed by atoms with Gasteiger partial charge < -0.3 is 4.42 Å². The molecule has 0 atom stereocenters. The van der Waals surface area contributed by atoms with Crippen LogP contribution in [0.4, 0.5) is 5.69 Å². The van der Waals surface area contributed by atoms with Crippen LogP contribution in [0, 0.1) is 13.8 Å². The van der Waals surface area contributed by atoms with Gasteiger partial charge in [0, 0.05) is 11.6 Å².